The number of carbonyl (C=O) groups excluding carboxylic acids is 2. The Morgan fingerprint density at radius 3 is 2.62 bits per heavy atom. The van der Waals surface area contributed by atoms with Crippen molar-refractivity contribution in [1.82, 2.24) is 4.90 Å². The lowest BCUT2D eigenvalue weighted by Gasteiger charge is -2.27. The van der Waals surface area contributed by atoms with Crippen molar-refractivity contribution in [3.05, 3.63) is 63.4 Å². The highest BCUT2D eigenvalue weighted by molar-refractivity contribution is 9.10. The van der Waals surface area contributed by atoms with Gasteiger partial charge in [0.05, 0.1) is 18.8 Å². The normalized spacial score (nSPS) is 14.2. The molecule has 1 aliphatic heterocycles. The van der Waals surface area contributed by atoms with Crippen molar-refractivity contribution < 1.29 is 18.7 Å². The van der Waals surface area contributed by atoms with Crippen LogP contribution in [-0.2, 0) is 4.74 Å². The first-order valence-electron chi connectivity index (χ1n) is 8.20. The fraction of sp³-hybridized carbons (Fsp3) is 0.263. The lowest BCUT2D eigenvalue weighted by molar-refractivity contribution is 0.0302. The van der Waals surface area contributed by atoms with Gasteiger partial charge in [0.25, 0.3) is 11.8 Å². The molecule has 0 unspecified atom stereocenters. The van der Waals surface area contributed by atoms with Gasteiger partial charge in [-0.2, -0.15) is 0 Å². The Hall–Kier alpha value is -2.25. The van der Waals surface area contributed by atoms with Crippen molar-refractivity contribution in [2.75, 3.05) is 31.6 Å². The molecular weight excluding hydrogens is 403 g/mol. The summed E-state index contributed by atoms with van der Waals surface area (Å²) in [5.41, 5.74) is 1.57. The molecule has 5 nitrogen and oxygen atoms in total. The van der Waals surface area contributed by atoms with Crippen LogP contribution in [0.1, 0.15) is 26.3 Å². The molecular formula is C19H18BrFN2O3. The Kier molecular flexibility index (Phi) is 5.68. The van der Waals surface area contributed by atoms with Gasteiger partial charge < -0.3 is 15.0 Å². The van der Waals surface area contributed by atoms with Crippen LogP contribution < -0.4 is 5.32 Å². The van der Waals surface area contributed by atoms with Crippen LogP contribution in [-0.4, -0.2) is 43.0 Å². The minimum Gasteiger partial charge on any atom is -0.378 e. The molecule has 0 saturated carbocycles. The molecule has 1 aliphatic rings. The SMILES string of the molecule is Cc1c(NC(=O)c2cc(Br)ccc2F)cccc1C(=O)N1CCOCC1. The Morgan fingerprint density at radius 1 is 1.15 bits per heavy atom. The van der Waals surface area contributed by atoms with E-state index >= 15 is 0 Å². The van der Waals surface area contributed by atoms with Crippen LogP contribution >= 0.6 is 15.9 Å². The van der Waals surface area contributed by atoms with Gasteiger partial charge in [0.2, 0.25) is 0 Å². The van der Waals surface area contributed by atoms with Crippen LogP contribution in [0.15, 0.2) is 40.9 Å². The second-order valence-electron chi connectivity index (χ2n) is 5.96. The minimum absolute atomic E-state index is 0.0660. The topological polar surface area (TPSA) is 58.6 Å². The fourth-order valence-electron chi connectivity index (χ4n) is 2.80. The summed E-state index contributed by atoms with van der Waals surface area (Å²) < 4.78 is 19.8. The van der Waals surface area contributed by atoms with Crippen molar-refractivity contribution in [3.63, 3.8) is 0 Å². The van der Waals surface area contributed by atoms with E-state index in [2.05, 4.69) is 21.2 Å². The van der Waals surface area contributed by atoms with Crippen molar-refractivity contribution >= 4 is 33.4 Å². The van der Waals surface area contributed by atoms with Gasteiger partial charge in [-0.25, -0.2) is 4.39 Å². The van der Waals surface area contributed by atoms with Gasteiger partial charge in [-0.3, -0.25) is 9.59 Å². The summed E-state index contributed by atoms with van der Waals surface area (Å²) in [7, 11) is 0. The largest absolute Gasteiger partial charge is 0.378 e. The molecule has 136 valence electrons. The number of ether oxygens (including phenoxy) is 1. The highest BCUT2D eigenvalue weighted by atomic mass is 79.9. The summed E-state index contributed by atoms with van der Waals surface area (Å²) in [5, 5.41) is 2.70. The van der Waals surface area contributed by atoms with E-state index in [1.807, 2.05) is 0 Å². The zero-order valence-electron chi connectivity index (χ0n) is 14.2. The van der Waals surface area contributed by atoms with Crippen molar-refractivity contribution in [2.45, 2.75) is 6.92 Å². The Balaban J connectivity index is 1.84. The first-order chi connectivity index (χ1) is 12.5. The predicted octanol–water partition coefficient (Wildman–Crippen LogP) is 3.62. The number of hydrogen-bond acceptors (Lipinski definition) is 3. The number of morpholine rings is 1. The number of rotatable bonds is 3. The maximum absolute atomic E-state index is 13.9. The average molecular weight is 421 g/mol. The van der Waals surface area contributed by atoms with E-state index in [-0.39, 0.29) is 11.5 Å². The van der Waals surface area contributed by atoms with E-state index in [0.29, 0.717) is 47.6 Å². The zero-order chi connectivity index (χ0) is 18.7. The number of benzene rings is 2. The molecule has 3 rings (SSSR count). The number of nitrogens with one attached hydrogen (secondary N) is 1. The molecule has 0 spiro atoms. The number of halogens is 2. The summed E-state index contributed by atoms with van der Waals surface area (Å²) in [4.78, 5) is 26.9. The van der Waals surface area contributed by atoms with Gasteiger partial charge >= 0.3 is 0 Å². The molecule has 2 amide bonds. The molecule has 26 heavy (non-hydrogen) atoms. The number of hydrogen-bond donors (Lipinski definition) is 1. The van der Waals surface area contributed by atoms with Crippen LogP contribution in [0.2, 0.25) is 0 Å². The van der Waals surface area contributed by atoms with E-state index in [0.717, 1.165) is 0 Å². The van der Waals surface area contributed by atoms with Crippen LogP contribution in [0.25, 0.3) is 0 Å². The molecule has 1 saturated heterocycles. The van der Waals surface area contributed by atoms with E-state index in [4.69, 9.17) is 4.74 Å². The molecule has 0 aliphatic carbocycles. The molecule has 0 bridgehead atoms. The lowest BCUT2D eigenvalue weighted by atomic mass is 10.0. The summed E-state index contributed by atoms with van der Waals surface area (Å²) in [5.74, 6) is -1.28. The standard InChI is InChI=1S/C19H18BrFN2O3/c1-12-14(19(25)23-7-9-26-10-8-23)3-2-4-17(12)22-18(24)15-11-13(20)5-6-16(15)21/h2-6,11H,7-10H2,1H3,(H,22,24). The summed E-state index contributed by atoms with van der Waals surface area (Å²) in [6.45, 7) is 3.88. The smallest absolute Gasteiger partial charge is 0.258 e. The van der Waals surface area contributed by atoms with Gasteiger partial charge in [-0.05, 0) is 42.8 Å². The average Bonchev–Trinajstić information content (AvgIpc) is 2.65. The van der Waals surface area contributed by atoms with Crippen molar-refractivity contribution in [3.8, 4) is 0 Å². The van der Waals surface area contributed by atoms with Gasteiger partial charge in [0.15, 0.2) is 0 Å². The maximum Gasteiger partial charge on any atom is 0.258 e. The first kappa shape index (κ1) is 18.5. The van der Waals surface area contributed by atoms with E-state index < -0.39 is 11.7 Å². The monoisotopic (exact) mass is 420 g/mol. The third kappa shape index (κ3) is 3.94. The quantitative estimate of drug-likeness (QED) is 0.824. The number of nitrogens with zero attached hydrogens (tertiary/aromatic N) is 1. The molecule has 1 N–H and O–H groups in total. The van der Waals surface area contributed by atoms with Crippen LogP contribution in [0.4, 0.5) is 10.1 Å². The highest BCUT2D eigenvalue weighted by Crippen LogP contribution is 2.23. The highest BCUT2D eigenvalue weighted by Gasteiger charge is 2.22. The van der Waals surface area contributed by atoms with Crippen LogP contribution in [0.5, 0.6) is 0 Å². The Bertz CT molecular complexity index is 851. The number of anilines is 1. The third-order valence-corrected chi connectivity index (χ3v) is 4.78. The molecule has 2 aromatic rings. The number of amides is 2. The molecule has 0 aromatic heterocycles. The van der Waals surface area contributed by atoms with E-state index in [1.165, 1.54) is 18.2 Å². The van der Waals surface area contributed by atoms with Crippen molar-refractivity contribution in [1.29, 1.82) is 0 Å². The zero-order valence-corrected chi connectivity index (χ0v) is 15.8. The van der Waals surface area contributed by atoms with Gasteiger partial charge in [-0.1, -0.05) is 22.0 Å². The van der Waals surface area contributed by atoms with Gasteiger partial charge in [-0.15, -0.1) is 0 Å². The first-order valence-corrected chi connectivity index (χ1v) is 8.99. The van der Waals surface area contributed by atoms with E-state index in [1.54, 1.807) is 30.0 Å². The Labute approximate surface area is 159 Å². The van der Waals surface area contributed by atoms with Gasteiger partial charge in [0, 0.05) is 28.8 Å². The lowest BCUT2D eigenvalue weighted by Crippen LogP contribution is -2.41. The molecule has 1 fully saturated rings. The number of carbonyl (C=O) groups is 2. The molecule has 1 heterocycles. The predicted molar refractivity (Wildman–Crippen MR) is 100.0 cm³/mol. The van der Waals surface area contributed by atoms with Crippen molar-refractivity contribution in [2.24, 2.45) is 0 Å². The molecule has 0 atom stereocenters. The summed E-state index contributed by atoms with van der Waals surface area (Å²) >= 11 is 3.23. The second-order valence-corrected chi connectivity index (χ2v) is 6.88. The Morgan fingerprint density at radius 2 is 1.88 bits per heavy atom. The second kappa shape index (κ2) is 7.97. The van der Waals surface area contributed by atoms with Crippen LogP contribution in [0, 0.1) is 12.7 Å². The summed E-state index contributed by atoms with van der Waals surface area (Å²) in [6, 6.07) is 9.29. The molecule has 0 radical (unpaired) electrons. The third-order valence-electron chi connectivity index (χ3n) is 4.28. The van der Waals surface area contributed by atoms with Crippen LogP contribution in [0.3, 0.4) is 0 Å². The molecule has 7 heteroatoms. The van der Waals surface area contributed by atoms with E-state index in [9.17, 15) is 14.0 Å². The maximum atomic E-state index is 13.9. The minimum atomic E-state index is -0.607. The summed E-state index contributed by atoms with van der Waals surface area (Å²) in [6.07, 6.45) is 0. The molecule has 2 aromatic carbocycles. The fourth-order valence-corrected chi connectivity index (χ4v) is 3.16. The van der Waals surface area contributed by atoms with Gasteiger partial charge in [0.1, 0.15) is 5.82 Å².